The minimum atomic E-state index is -0.696. The van der Waals surface area contributed by atoms with Crippen molar-refractivity contribution >= 4 is 41.0 Å². The van der Waals surface area contributed by atoms with E-state index in [1.165, 1.54) is 0 Å². The van der Waals surface area contributed by atoms with E-state index >= 15 is 0 Å². The topological polar surface area (TPSA) is 88.0 Å². The lowest BCUT2D eigenvalue weighted by atomic mass is 9.76. The van der Waals surface area contributed by atoms with Gasteiger partial charge >= 0.3 is 6.03 Å². The van der Waals surface area contributed by atoms with Gasteiger partial charge in [0, 0.05) is 5.02 Å². The number of fused-ring (bicyclic) bond motifs is 2. The molecule has 0 saturated heterocycles. The Balaban J connectivity index is 2.00. The molecule has 0 spiro atoms. The molecule has 0 fully saturated rings. The third kappa shape index (κ3) is 2.56. The molecule has 1 aliphatic carbocycles. The Morgan fingerprint density at radius 1 is 1.12 bits per heavy atom. The van der Waals surface area contributed by atoms with Crippen molar-refractivity contribution < 1.29 is 9.59 Å². The number of imide groups is 1. The van der Waals surface area contributed by atoms with Crippen molar-refractivity contribution in [1.29, 1.82) is 0 Å². The Morgan fingerprint density at radius 2 is 1.96 bits per heavy atom. The maximum Gasteiger partial charge on any atom is 0.348 e. The third-order valence-electron chi connectivity index (χ3n) is 4.21. The van der Waals surface area contributed by atoms with Crippen LogP contribution in [0.25, 0.3) is 6.08 Å². The number of urea groups is 1. The average Bonchev–Trinajstić information content (AvgIpc) is 2.59. The summed E-state index contributed by atoms with van der Waals surface area (Å²) in [5.41, 5.74) is 3.22. The summed E-state index contributed by atoms with van der Waals surface area (Å²) in [4.78, 5) is 38.9. The van der Waals surface area contributed by atoms with Gasteiger partial charge in [0.2, 0.25) is 0 Å². The molecule has 122 valence electrons. The molecule has 1 aliphatic heterocycles. The average molecular weight is 352 g/mol. The molecule has 2 aromatic rings. The molecule has 0 radical (unpaired) electrons. The van der Waals surface area contributed by atoms with Crippen molar-refractivity contribution in [3.63, 3.8) is 0 Å². The number of hydrogen-bond donors (Lipinski definition) is 1. The van der Waals surface area contributed by atoms with Gasteiger partial charge in [0.15, 0.2) is 0 Å². The molecule has 6 nitrogen and oxygen atoms in total. The van der Waals surface area contributed by atoms with E-state index < -0.39 is 17.9 Å². The number of aliphatic imine (C=N–C) groups is 1. The van der Waals surface area contributed by atoms with Crippen LogP contribution in [0.3, 0.4) is 0 Å². The summed E-state index contributed by atoms with van der Waals surface area (Å²) in [5, 5.41) is 5.65. The molecule has 4 rings (SSSR count). The van der Waals surface area contributed by atoms with E-state index in [2.05, 4.69) is 15.5 Å². The van der Waals surface area contributed by atoms with E-state index in [0.29, 0.717) is 21.9 Å². The number of nitroso groups, excluding NO2 is 1. The number of amides is 3. The maximum absolute atomic E-state index is 12.3. The molecule has 1 N–H and O–H groups in total. The molecule has 1 heterocycles. The van der Waals surface area contributed by atoms with Crippen molar-refractivity contribution in [2.45, 2.75) is 5.92 Å². The summed E-state index contributed by atoms with van der Waals surface area (Å²) in [6.07, 6.45) is 1.62. The van der Waals surface area contributed by atoms with Crippen molar-refractivity contribution in [2.75, 3.05) is 0 Å². The number of nitrogens with zero attached hydrogens (tertiary/aromatic N) is 2. The van der Waals surface area contributed by atoms with Crippen LogP contribution in [-0.4, -0.2) is 17.6 Å². The lowest BCUT2D eigenvalue weighted by molar-refractivity contribution is -0.116. The molecule has 25 heavy (non-hydrogen) atoms. The molecule has 0 aromatic heterocycles. The zero-order chi connectivity index (χ0) is 17.6. The van der Waals surface area contributed by atoms with Gasteiger partial charge in [-0.25, -0.2) is 4.79 Å². The standard InChI is InChI=1S/C18H10ClN3O3/c19-11-3-1-2-9(6-11)15-13-5-4-12(22-25)7-10(13)8-14-16(15)20-18(24)21-17(14)23/h1-8,15H,(H,21,23,24). The summed E-state index contributed by atoms with van der Waals surface area (Å²) in [5.74, 6) is -0.957. The molecule has 3 amide bonds. The predicted octanol–water partition coefficient (Wildman–Crippen LogP) is 3.96. The van der Waals surface area contributed by atoms with Crippen LogP contribution in [-0.2, 0) is 4.79 Å². The Hall–Kier alpha value is -3.12. The lowest BCUT2D eigenvalue weighted by Crippen LogP contribution is -2.40. The monoisotopic (exact) mass is 351 g/mol. The van der Waals surface area contributed by atoms with Crippen LogP contribution in [0.4, 0.5) is 10.5 Å². The van der Waals surface area contributed by atoms with E-state index in [1.807, 2.05) is 6.07 Å². The Kier molecular flexibility index (Phi) is 3.54. The second-order valence-corrected chi connectivity index (χ2v) is 6.14. The van der Waals surface area contributed by atoms with E-state index in [1.54, 1.807) is 42.5 Å². The minimum Gasteiger partial charge on any atom is -0.272 e. The molecule has 7 heteroatoms. The van der Waals surface area contributed by atoms with Crippen LogP contribution < -0.4 is 5.32 Å². The predicted molar refractivity (Wildman–Crippen MR) is 94.1 cm³/mol. The highest BCUT2D eigenvalue weighted by Crippen LogP contribution is 2.39. The number of nitrogens with one attached hydrogen (secondary N) is 1. The van der Waals surface area contributed by atoms with Gasteiger partial charge < -0.3 is 0 Å². The molecule has 1 unspecified atom stereocenters. The number of hydrogen-bond acceptors (Lipinski definition) is 4. The lowest BCUT2D eigenvalue weighted by Gasteiger charge is -2.29. The summed E-state index contributed by atoms with van der Waals surface area (Å²) < 4.78 is 0. The Morgan fingerprint density at radius 3 is 2.72 bits per heavy atom. The van der Waals surface area contributed by atoms with Gasteiger partial charge in [0.25, 0.3) is 5.91 Å². The molecule has 2 aliphatic rings. The number of halogens is 1. The Bertz CT molecular complexity index is 1010. The summed E-state index contributed by atoms with van der Waals surface area (Å²) in [6, 6.07) is 11.4. The van der Waals surface area contributed by atoms with Crippen molar-refractivity contribution in [1.82, 2.24) is 5.32 Å². The fourth-order valence-corrected chi connectivity index (χ4v) is 3.37. The van der Waals surface area contributed by atoms with E-state index in [-0.39, 0.29) is 5.69 Å². The van der Waals surface area contributed by atoms with Crippen LogP contribution in [0, 0.1) is 4.91 Å². The summed E-state index contributed by atoms with van der Waals surface area (Å²) in [6.45, 7) is 0. The van der Waals surface area contributed by atoms with Gasteiger partial charge in [0.05, 0.1) is 17.2 Å². The van der Waals surface area contributed by atoms with Gasteiger partial charge in [-0.05, 0) is 52.2 Å². The smallest absolute Gasteiger partial charge is 0.272 e. The largest absolute Gasteiger partial charge is 0.348 e. The highest BCUT2D eigenvalue weighted by molar-refractivity contribution is 6.35. The first-order chi connectivity index (χ1) is 12.1. The van der Waals surface area contributed by atoms with Crippen LogP contribution in [0.5, 0.6) is 0 Å². The summed E-state index contributed by atoms with van der Waals surface area (Å²) >= 11 is 6.11. The quantitative estimate of drug-likeness (QED) is 0.830. The van der Waals surface area contributed by atoms with E-state index in [9.17, 15) is 14.5 Å². The van der Waals surface area contributed by atoms with Crippen LogP contribution >= 0.6 is 11.6 Å². The fourth-order valence-electron chi connectivity index (χ4n) is 3.17. The first-order valence-corrected chi connectivity index (χ1v) is 7.83. The van der Waals surface area contributed by atoms with Gasteiger partial charge in [-0.1, -0.05) is 29.8 Å². The van der Waals surface area contributed by atoms with Crippen molar-refractivity contribution in [3.8, 4) is 0 Å². The number of carbonyl (C=O) groups is 2. The van der Waals surface area contributed by atoms with Crippen LogP contribution in [0.1, 0.15) is 22.6 Å². The molecule has 0 saturated carbocycles. The van der Waals surface area contributed by atoms with E-state index in [0.717, 1.165) is 11.1 Å². The van der Waals surface area contributed by atoms with Crippen molar-refractivity contribution in [2.24, 2.45) is 10.2 Å². The highest BCUT2D eigenvalue weighted by Gasteiger charge is 2.36. The van der Waals surface area contributed by atoms with Crippen LogP contribution in [0.15, 0.2) is 58.2 Å². The zero-order valence-electron chi connectivity index (χ0n) is 12.7. The highest BCUT2D eigenvalue weighted by atomic mass is 35.5. The van der Waals surface area contributed by atoms with Gasteiger partial charge in [0.1, 0.15) is 5.69 Å². The number of rotatable bonds is 2. The first kappa shape index (κ1) is 15.4. The van der Waals surface area contributed by atoms with Gasteiger partial charge in [-0.15, -0.1) is 4.91 Å². The van der Waals surface area contributed by atoms with Gasteiger partial charge in [-0.3, -0.25) is 10.1 Å². The molecular formula is C18H10ClN3O3. The molecule has 0 bridgehead atoms. The third-order valence-corrected chi connectivity index (χ3v) is 4.44. The fraction of sp³-hybridized carbons (Fsp3) is 0.0556. The minimum absolute atomic E-state index is 0.258. The number of carbonyl (C=O) groups excluding carboxylic acids is 2. The second kappa shape index (κ2) is 5.75. The molecule has 1 atom stereocenters. The van der Waals surface area contributed by atoms with Crippen molar-refractivity contribution in [3.05, 3.63) is 74.7 Å². The maximum atomic E-state index is 12.3. The zero-order valence-corrected chi connectivity index (χ0v) is 13.4. The Labute approximate surface area is 147 Å². The second-order valence-electron chi connectivity index (χ2n) is 5.71. The van der Waals surface area contributed by atoms with E-state index in [4.69, 9.17) is 11.6 Å². The number of benzene rings is 2. The summed E-state index contributed by atoms with van der Waals surface area (Å²) in [7, 11) is 0. The van der Waals surface area contributed by atoms with Gasteiger partial charge in [-0.2, -0.15) is 4.99 Å². The van der Waals surface area contributed by atoms with Crippen LogP contribution in [0.2, 0.25) is 5.02 Å². The normalized spacial score (nSPS) is 18.5. The molecule has 2 aromatic carbocycles. The molecular weight excluding hydrogens is 342 g/mol. The first-order valence-electron chi connectivity index (χ1n) is 7.45. The SMILES string of the molecule is O=Nc1ccc2c(c1)C=C1C(=O)NC(=O)N=C1C2c1cccc(Cl)c1.